The van der Waals surface area contributed by atoms with Crippen molar-refractivity contribution >= 4 is 11.3 Å². The Labute approximate surface area is 158 Å². The fourth-order valence-electron chi connectivity index (χ4n) is 2.94. The summed E-state index contributed by atoms with van der Waals surface area (Å²) in [5.74, 6) is -3.00. The molecule has 0 aliphatic heterocycles. The third kappa shape index (κ3) is 3.59. The number of alkyl halides is 2. The molecular formula is C23H24F2S. The minimum absolute atomic E-state index is 0.0854. The molecule has 3 heteroatoms. The molecule has 1 heterocycles. The van der Waals surface area contributed by atoms with Crippen LogP contribution in [0.1, 0.15) is 47.9 Å². The van der Waals surface area contributed by atoms with Crippen LogP contribution >= 0.6 is 11.3 Å². The fourth-order valence-corrected chi connectivity index (χ4v) is 3.94. The second-order valence-corrected chi connectivity index (χ2v) is 8.97. The van der Waals surface area contributed by atoms with E-state index in [-0.39, 0.29) is 15.9 Å². The summed E-state index contributed by atoms with van der Waals surface area (Å²) in [5, 5.41) is 0. The molecule has 0 saturated heterocycles. The minimum atomic E-state index is -3.00. The van der Waals surface area contributed by atoms with Crippen molar-refractivity contribution in [2.75, 3.05) is 0 Å². The van der Waals surface area contributed by atoms with Gasteiger partial charge in [0.1, 0.15) is 0 Å². The van der Waals surface area contributed by atoms with E-state index in [2.05, 4.69) is 0 Å². The largest absolute Gasteiger partial charge is 0.307 e. The summed E-state index contributed by atoms with van der Waals surface area (Å²) in [4.78, 5) is 0.950. The predicted octanol–water partition coefficient (Wildman–Crippen LogP) is 7.47. The molecule has 0 atom stereocenters. The number of benzene rings is 2. The number of rotatable bonds is 3. The van der Waals surface area contributed by atoms with Gasteiger partial charge in [-0.2, -0.15) is 8.78 Å². The van der Waals surface area contributed by atoms with Crippen LogP contribution in [0.15, 0.2) is 54.6 Å². The minimum Gasteiger partial charge on any atom is -0.195 e. The topological polar surface area (TPSA) is 0 Å². The van der Waals surface area contributed by atoms with Crippen molar-refractivity contribution in [2.45, 2.75) is 46.0 Å². The van der Waals surface area contributed by atoms with Crippen LogP contribution in [0.4, 0.5) is 8.78 Å². The second-order valence-electron chi connectivity index (χ2n) is 7.88. The Morgan fingerprint density at radius 1 is 0.808 bits per heavy atom. The lowest BCUT2D eigenvalue weighted by molar-refractivity contribution is 0.0461. The first-order valence-electron chi connectivity index (χ1n) is 8.76. The van der Waals surface area contributed by atoms with Crippen molar-refractivity contribution in [3.63, 3.8) is 0 Å². The Balaban J connectivity index is 2.02. The van der Waals surface area contributed by atoms with Crippen LogP contribution in [-0.4, -0.2) is 0 Å². The van der Waals surface area contributed by atoms with E-state index >= 15 is 8.78 Å². The molecule has 0 fully saturated rings. The zero-order valence-corrected chi connectivity index (χ0v) is 16.7. The van der Waals surface area contributed by atoms with E-state index < -0.39 is 5.92 Å². The molecule has 0 aliphatic rings. The highest BCUT2D eigenvalue weighted by molar-refractivity contribution is 7.15. The maximum absolute atomic E-state index is 15.3. The van der Waals surface area contributed by atoms with Crippen LogP contribution in [-0.2, 0) is 11.3 Å². The molecule has 0 N–H and O–H groups in total. The molecule has 2 aromatic carbocycles. The summed E-state index contributed by atoms with van der Waals surface area (Å²) in [6.07, 6.45) is 0. The molecule has 0 spiro atoms. The van der Waals surface area contributed by atoms with Crippen molar-refractivity contribution in [1.82, 2.24) is 0 Å². The Morgan fingerprint density at radius 3 is 2.08 bits per heavy atom. The zero-order valence-electron chi connectivity index (χ0n) is 15.9. The summed E-state index contributed by atoms with van der Waals surface area (Å²) >= 11 is 1.17. The van der Waals surface area contributed by atoms with Crippen LogP contribution in [0.25, 0.3) is 10.4 Å². The average Bonchev–Trinajstić information content (AvgIpc) is 3.05. The van der Waals surface area contributed by atoms with Gasteiger partial charge in [0.15, 0.2) is 0 Å². The second kappa shape index (κ2) is 6.62. The lowest BCUT2D eigenvalue weighted by Crippen LogP contribution is -2.18. The summed E-state index contributed by atoms with van der Waals surface area (Å²) in [6, 6.07) is 16.7. The van der Waals surface area contributed by atoms with Gasteiger partial charge in [0, 0.05) is 10.4 Å². The number of halogens is 2. The molecule has 3 rings (SSSR count). The predicted molar refractivity (Wildman–Crippen MR) is 107 cm³/mol. The van der Waals surface area contributed by atoms with Crippen molar-refractivity contribution in [3.05, 3.63) is 81.7 Å². The van der Waals surface area contributed by atoms with E-state index in [1.165, 1.54) is 11.3 Å². The molecule has 0 nitrogen and oxygen atoms in total. The molecular weight excluding hydrogens is 346 g/mol. The Bertz CT molecular complexity index is 912. The van der Waals surface area contributed by atoms with Crippen molar-refractivity contribution in [1.29, 1.82) is 0 Å². The highest BCUT2D eigenvalue weighted by Gasteiger charge is 2.37. The van der Waals surface area contributed by atoms with Gasteiger partial charge in [-0.05, 0) is 54.2 Å². The summed E-state index contributed by atoms with van der Waals surface area (Å²) in [6.45, 7) is 9.90. The standard InChI is InChI=1S/C23H24F2S/c1-15-6-9-17(10-7-15)20-12-13-21(26-20)23(24,25)19-14-18(22(3,4)5)11-8-16(19)2/h6-14H,1-5H3. The highest BCUT2D eigenvalue weighted by atomic mass is 32.1. The van der Waals surface area contributed by atoms with E-state index in [9.17, 15) is 0 Å². The molecule has 136 valence electrons. The van der Waals surface area contributed by atoms with Gasteiger partial charge >= 0.3 is 5.92 Å². The van der Waals surface area contributed by atoms with E-state index in [1.54, 1.807) is 31.2 Å². The molecule has 26 heavy (non-hydrogen) atoms. The summed E-state index contributed by atoms with van der Waals surface area (Å²) < 4.78 is 30.6. The zero-order chi connectivity index (χ0) is 19.1. The van der Waals surface area contributed by atoms with E-state index in [0.717, 1.165) is 21.6 Å². The molecule has 0 saturated carbocycles. The van der Waals surface area contributed by atoms with Crippen LogP contribution in [0.5, 0.6) is 0 Å². The van der Waals surface area contributed by atoms with Crippen molar-refractivity contribution < 1.29 is 8.78 Å². The summed E-state index contributed by atoms with van der Waals surface area (Å²) in [7, 11) is 0. The van der Waals surface area contributed by atoms with Crippen molar-refractivity contribution in [2.24, 2.45) is 0 Å². The maximum atomic E-state index is 15.3. The van der Waals surface area contributed by atoms with E-state index in [4.69, 9.17) is 0 Å². The van der Waals surface area contributed by atoms with Crippen LogP contribution in [0.3, 0.4) is 0 Å². The number of thiophene rings is 1. The van der Waals surface area contributed by atoms with Crippen molar-refractivity contribution in [3.8, 4) is 10.4 Å². The lowest BCUT2D eigenvalue weighted by atomic mass is 9.84. The molecule has 0 amide bonds. The third-order valence-electron chi connectivity index (χ3n) is 4.69. The Morgan fingerprint density at radius 2 is 1.46 bits per heavy atom. The van der Waals surface area contributed by atoms with Gasteiger partial charge in [-0.1, -0.05) is 62.7 Å². The molecule has 0 bridgehead atoms. The average molecular weight is 371 g/mol. The van der Waals surface area contributed by atoms with Gasteiger partial charge in [0.25, 0.3) is 0 Å². The lowest BCUT2D eigenvalue weighted by Gasteiger charge is -2.24. The van der Waals surface area contributed by atoms with Gasteiger partial charge in [0.05, 0.1) is 4.88 Å². The van der Waals surface area contributed by atoms with Gasteiger partial charge in [0.2, 0.25) is 0 Å². The van der Waals surface area contributed by atoms with Crippen LogP contribution in [0.2, 0.25) is 0 Å². The number of hydrogen-bond acceptors (Lipinski definition) is 1. The number of hydrogen-bond donors (Lipinski definition) is 0. The Hall–Kier alpha value is -2.00. The highest BCUT2D eigenvalue weighted by Crippen LogP contribution is 2.44. The van der Waals surface area contributed by atoms with Crippen LogP contribution < -0.4 is 0 Å². The van der Waals surface area contributed by atoms with E-state index in [1.807, 2.05) is 58.0 Å². The quantitative estimate of drug-likeness (QED) is 0.448. The van der Waals surface area contributed by atoms with Gasteiger partial charge in [-0.15, -0.1) is 11.3 Å². The van der Waals surface area contributed by atoms with Crippen LogP contribution in [0, 0.1) is 13.8 Å². The number of aryl methyl sites for hydroxylation is 2. The first kappa shape index (κ1) is 18.8. The van der Waals surface area contributed by atoms with Gasteiger partial charge < -0.3 is 0 Å². The molecule has 0 radical (unpaired) electrons. The first-order valence-corrected chi connectivity index (χ1v) is 9.57. The monoisotopic (exact) mass is 370 g/mol. The van der Waals surface area contributed by atoms with Gasteiger partial charge in [-0.3, -0.25) is 0 Å². The van der Waals surface area contributed by atoms with E-state index in [0.29, 0.717) is 5.56 Å². The molecule has 0 aliphatic carbocycles. The SMILES string of the molecule is Cc1ccc(-c2ccc(C(F)(F)c3cc(C(C)(C)C)ccc3C)s2)cc1. The third-order valence-corrected chi connectivity index (χ3v) is 5.90. The van der Waals surface area contributed by atoms with Gasteiger partial charge in [-0.25, -0.2) is 0 Å². The maximum Gasteiger partial charge on any atom is 0.307 e. The molecule has 1 aromatic heterocycles. The first-order chi connectivity index (χ1) is 12.1. The summed E-state index contributed by atoms with van der Waals surface area (Å²) in [5.41, 5.74) is 3.61. The smallest absolute Gasteiger partial charge is 0.195 e. The fraction of sp³-hybridized carbons (Fsp3) is 0.304. The normalized spacial score (nSPS) is 12.4. The Kier molecular flexibility index (Phi) is 4.78. The molecule has 3 aromatic rings. The molecule has 0 unspecified atom stereocenters.